The van der Waals surface area contributed by atoms with Gasteiger partial charge < -0.3 is 10.2 Å². The van der Waals surface area contributed by atoms with E-state index in [9.17, 15) is 10.2 Å². The Morgan fingerprint density at radius 2 is 1.72 bits per heavy atom. The molecule has 3 fully saturated rings. The van der Waals surface area contributed by atoms with E-state index in [-0.39, 0.29) is 11.5 Å². The van der Waals surface area contributed by atoms with Crippen molar-refractivity contribution in [2.45, 2.75) is 117 Å². The Kier molecular flexibility index (Phi) is 5.78. The van der Waals surface area contributed by atoms with Crippen LogP contribution in [0, 0.1) is 40.4 Å². The number of fused-ring (bicyclic) bond motifs is 5. The van der Waals surface area contributed by atoms with E-state index in [1.807, 2.05) is 0 Å². The fourth-order valence-corrected chi connectivity index (χ4v) is 8.57. The zero-order chi connectivity index (χ0) is 21.0. The lowest BCUT2D eigenvalue weighted by atomic mass is 9.46. The first-order valence-electron chi connectivity index (χ1n) is 12.7. The second-order valence-corrected chi connectivity index (χ2v) is 12.3. The molecule has 0 saturated heterocycles. The fourth-order valence-electron chi connectivity index (χ4n) is 8.57. The van der Waals surface area contributed by atoms with E-state index in [1.165, 1.54) is 44.9 Å². The third-order valence-corrected chi connectivity index (χ3v) is 10.5. The molecule has 0 bridgehead atoms. The van der Waals surface area contributed by atoms with Crippen LogP contribution in [0.5, 0.6) is 0 Å². The van der Waals surface area contributed by atoms with E-state index in [2.05, 4.69) is 40.7 Å². The molecule has 0 aliphatic heterocycles. The smallest absolute Gasteiger partial charge is 0.0729 e. The van der Waals surface area contributed by atoms with E-state index < -0.39 is 5.60 Å². The average molecular weight is 403 g/mol. The van der Waals surface area contributed by atoms with Gasteiger partial charge in [-0.05, 0) is 98.2 Å². The van der Waals surface area contributed by atoms with E-state index in [0.717, 1.165) is 43.4 Å². The molecule has 0 aromatic rings. The molecule has 4 rings (SSSR count). The van der Waals surface area contributed by atoms with Crippen LogP contribution in [0.4, 0.5) is 0 Å². The average Bonchev–Trinajstić information content (AvgIpc) is 2.94. The molecule has 0 unspecified atom stereocenters. The summed E-state index contributed by atoms with van der Waals surface area (Å²) in [5, 5.41) is 22.3. The summed E-state index contributed by atoms with van der Waals surface area (Å²) in [4.78, 5) is 0. The number of hydrogen-bond donors (Lipinski definition) is 2. The lowest BCUT2D eigenvalue weighted by molar-refractivity contribution is -0.150. The van der Waals surface area contributed by atoms with Gasteiger partial charge in [0.05, 0.1) is 11.7 Å². The summed E-state index contributed by atoms with van der Waals surface area (Å²) in [6, 6.07) is 0. The minimum Gasteiger partial charge on any atom is -0.393 e. The predicted octanol–water partition coefficient (Wildman–Crippen LogP) is 6.50. The van der Waals surface area contributed by atoms with Gasteiger partial charge in [0, 0.05) is 0 Å². The Balaban J connectivity index is 1.54. The molecule has 2 N–H and O–H groups in total. The predicted molar refractivity (Wildman–Crippen MR) is 121 cm³/mol. The van der Waals surface area contributed by atoms with E-state index in [0.29, 0.717) is 17.3 Å². The molecule has 0 amide bonds. The van der Waals surface area contributed by atoms with Gasteiger partial charge in [0.15, 0.2) is 0 Å². The van der Waals surface area contributed by atoms with Crippen LogP contribution in [-0.4, -0.2) is 21.9 Å². The van der Waals surface area contributed by atoms with Crippen molar-refractivity contribution in [1.29, 1.82) is 0 Å². The minimum atomic E-state index is -0.479. The van der Waals surface area contributed by atoms with Gasteiger partial charge in [0.1, 0.15) is 0 Å². The van der Waals surface area contributed by atoms with Crippen LogP contribution in [0.3, 0.4) is 0 Å². The van der Waals surface area contributed by atoms with Gasteiger partial charge in [-0.3, -0.25) is 0 Å². The van der Waals surface area contributed by atoms with Crippen LogP contribution >= 0.6 is 0 Å². The molecule has 0 radical (unpaired) electrons. The zero-order valence-electron chi connectivity index (χ0n) is 19.7. The van der Waals surface area contributed by atoms with Gasteiger partial charge in [0.25, 0.3) is 0 Å². The monoisotopic (exact) mass is 402 g/mol. The number of allylic oxidation sites excluding steroid dienone is 1. The van der Waals surface area contributed by atoms with Crippen LogP contribution in [0.1, 0.15) is 105 Å². The molecule has 0 spiro atoms. The van der Waals surface area contributed by atoms with Gasteiger partial charge in [-0.2, -0.15) is 0 Å². The largest absolute Gasteiger partial charge is 0.393 e. The summed E-state index contributed by atoms with van der Waals surface area (Å²) in [5.74, 6) is 3.32. The first-order chi connectivity index (χ1) is 13.6. The van der Waals surface area contributed by atoms with Crippen molar-refractivity contribution in [1.82, 2.24) is 0 Å². The van der Waals surface area contributed by atoms with Gasteiger partial charge in [-0.15, -0.1) is 0 Å². The highest BCUT2D eigenvalue weighted by atomic mass is 16.3. The molecular formula is C27H46O2. The Labute approximate surface area is 179 Å². The molecule has 0 aromatic carbocycles. The summed E-state index contributed by atoms with van der Waals surface area (Å²) in [7, 11) is 0. The molecule has 0 aromatic heterocycles. The normalized spacial score (nSPS) is 47.9. The summed E-state index contributed by atoms with van der Waals surface area (Å²) in [6.07, 6.45) is 15.0. The van der Waals surface area contributed by atoms with Crippen LogP contribution in [0.25, 0.3) is 0 Å². The number of aliphatic hydroxyl groups is 2. The molecule has 3 saturated carbocycles. The quantitative estimate of drug-likeness (QED) is 0.515. The molecular weight excluding hydrogens is 356 g/mol. The van der Waals surface area contributed by atoms with Gasteiger partial charge in [-0.1, -0.05) is 59.1 Å². The van der Waals surface area contributed by atoms with Crippen molar-refractivity contribution >= 4 is 0 Å². The van der Waals surface area contributed by atoms with Gasteiger partial charge >= 0.3 is 0 Å². The lowest BCUT2D eigenvalue weighted by Gasteiger charge is -2.59. The first-order valence-corrected chi connectivity index (χ1v) is 12.7. The SMILES string of the molecule is CC(C)CCC[C@@H](C)[C@@]1(O)CC[C@H]2[C@@H]3CC=C4C[C@@H](O)CC[C@]4(C)[C@H]3CC[C@@]21C. The maximum atomic E-state index is 12.1. The van der Waals surface area contributed by atoms with Crippen molar-refractivity contribution in [2.24, 2.45) is 40.4 Å². The summed E-state index contributed by atoms with van der Waals surface area (Å²) in [6.45, 7) is 11.9. The highest BCUT2D eigenvalue weighted by Gasteiger charge is 2.64. The standard InChI is InChI=1S/C27H46O2/c1-18(2)7-6-8-19(3)27(29)16-13-24-22-10-9-20-17-21(28)11-14-25(20,4)23(22)12-15-26(24,27)5/h9,18-19,21-24,28-29H,6-8,10-17H2,1-5H3/t19-,21+,22-,23+,24+,25+,26+,27+/m1/s1. The van der Waals surface area contributed by atoms with Gasteiger partial charge in [-0.25, -0.2) is 0 Å². The second-order valence-electron chi connectivity index (χ2n) is 12.3. The molecule has 29 heavy (non-hydrogen) atoms. The first kappa shape index (κ1) is 21.9. The van der Waals surface area contributed by atoms with Crippen molar-refractivity contribution in [3.8, 4) is 0 Å². The molecule has 4 aliphatic carbocycles. The van der Waals surface area contributed by atoms with Crippen molar-refractivity contribution < 1.29 is 10.2 Å². The highest BCUT2D eigenvalue weighted by Crippen LogP contribution is 2.68. The number of rotatable bonds is 5. The van der Waals surface area contributed by atoms with Crippen LogP contribution in [0.2, 0.25) is 0 Å². The Morgan fingerprint density at radius 3 is 2.45 bits per heavy atom. The van der Waals surface area contributed by atoms with E-state index in [4.69, 9.17) is 0 Å². The maximum absolute atomic E-state index is 12.1. The Bertz CT molecular complexity index is 638. The maximum Gasteiger partial charge on any atom is 0.0729 e. The van der Waals surface area contributed by atoms with Gasteiger partial charge in [0.2, 0.25) is 0 Å². The third kappa shape index (κ3) is 3.36. The van der Waals surface area contributed by atoms with E-state index in [1.54, 1.807) is 5.57 Å². The Morgan fingerprint density at radius 1 is 1.00 bits per heavy atom. The van der Waals surface area contributed by atoms with Crippen molar-refractivity contribution in [2.75, 3.05) is 0 Å². The molecule has 2 heteroatoms. The topological polar surface area (TPSA) is 40.5 Å². The molecule has 4 aliphatic rings. The van der Waals surface area contributed by atoms with Crippen molar-refractivity contribution in [3.05, 3.63) is 11.6 Å². The summed E-state index contributed by atoms with van der Waals surface area (Å²) < 4.78 is 0. The molecule has 2 nitrogen and oxygen atoms in total. The number of aliphatic hydroxyl groups excluding tert-OH is 1. The van der Waals surface area contributed by atoms with Crippen molar-refractivity contribution in [3.63, 3.8) is 0 Å². The molecule has 8 atom stereocenters. The number of hydrogen-bond acceptors (Lipinski definition) is 2. The minimum absolute atomic E-state index is 0.0846. The fraction of sp³-hybridized carbons (Fsp3) is 0.926. The van der Waals surface area contributed by atoms with Crippen LogP contribution in [-0.2, 0) is 0 Å². The zero-order valence-corrected chi connectivity index (χ0v) is 19.7. The lowest BCUT2D eigenvalue weighted by Crippen LogP contribution is -2.56. The Hall–Kier alpha value is -0.340. The summed E-state index contributed by atoms with van der Waals surface area (Å²) >= 11 is 0. The van der Waals surface area contributed by atoms with Crippen LogP contribution < -0.4 is 0 Å². The highest BCUT2D eigenvalue weighted by molar-refractivity contribution is 5.26. The summed E-state index contributed by atoms with van der Waals surface area (Å²) in [5.41, 5.74) is 1.46. The second kappa shape index (κ2) is 7.66. The molecule has 166 valence electrons. The third-order valence-electron chi connectivity index (χ3n) is 10.5. The molecule has 0 heterocycles. The van der Waals surface area contributed by atoms with Crippen LogP contribution in [0.15, 0.2) is 11.6 Å². The van der Waals surface area contributed by atoms with E-state index >= 15 is 0 Å².